The highest BCUT2D eigenvalue weighted by atomic mass is 35.5. The maximum Gasteiger partial charge on any atom is 0.244 e. The van der Waals surface area contributed by atoms with E-state index in [2.05, 4.69) is 32.4 Å². The number of Topliss-reactive ketones (excluding diaryl/α,β-unsaturated/α-hetero) is 1. The Kier molecular flexibility index (Phi) is 7.66. The summed E-state index contributed by atoms with van der Waals surface area (Å²) in [6, 6.07) is 15.4. The van der Waals surface area contributed by atoms with Crippen LogP contribution in [0.4, 0.5) is 5.69 Å². The molecule has 0 spiro atoms. The second-order valence-corrected chi connectivity index (χ2v) is 10.3. The number of rotatable bonds is 7. The number of nitrogens with one attached hydrogen (secondary N) is 1. The van der Waals surface area contributed by atoms with E-state index in [0.717, 1.165) is 55.2 Å². The molecule has 2 aromatic carbocycles. The van der Waals surface area contributed by atoms with Crippen molar-refractivity contribution in [1.29, 1.82) is 0 Å². The van der Waals surface area contributed by atoms with E-state index in [9.17, 15) is 9.59 Å². The lowest BCUT2D eigenvalue weighted by molar-refractivity contribution is -0.123. The van der Waals surface area contributed by atoms with Crippen molar-refractivity contribution in [2.45, 2.75) is 31.7 Å². The highest BCUT2D eigenvalue weighted by Gasteiger charge is 2.54. The molecular weight excluding hydrogens is 482 g/mol. The van der Waals surface area contributed by atoms with E-state index in [1.54, 1.807) is 6.07 Å². The van der Waals surface area contributed by atoms with E-state index in [-0.39, 0.29) is 30.5 Å². The molecule has 0 unspecified atom stereocenters. The lowest BCUT2D eigenvalue weighted by atomic mass is 10.0. The number of carbonyl (C=O) groups is 2. The van der Waals surface area contributed by atoms with Gasteiger partial charge in [0.05, 0.1) is 6.42 Å². The normalized spacial score (nSPS) is 17.4. The van der Waals surface area contributed by atoms with Gasteiger partial charge in [-0.2, -0.15) is 0 Å². The number of halogens is 1. The molecule has 35 heavy (non-hydrogen) atoms. The minimum Gasteiger partial charge on any atom is -0.324 e. The van der Waals surface area contributed by atoms with Crippen molar-refractivity contribution in [1.82, 2.24) is 20.0 Å². The molecule has 9 heteroatoms. The van der Waals surface area contributed by atoms with E-state index in [1.165, 1.54) is 11.3 Å². The quantitative estimate of drug-likeness (QED) is 0.481. The molecule has 2 aliphatic rings. The third-order valence-corrected chi connectivity index (χ3v) is 7.83. The molecule has 0 atom stereocenters. The minimum atomic E-state index is -0.395. The van der Waals surface area contributed by atoms with Crippen LogP contribution >= 0.6 is 23.7 Å². The Balaban J connectivity index is 0.00000289. The molecule has 1 aromatic heterocycles. The molecule has 3 aromatic rings. The molecule has 1 amide bonds. The van der Waals surface area contributed by atoms with Gasteiger partial charge in [0, 0.05) is 43.0 Å². The minimum absolute atomic E-state index is 0. The van der Waals surface area contributed by atoms with Gasteiger partial charge in [0.15, 0.2) is 5.78 Å². The molecule has 2 fully saturated rings. The summed E-state index contributed by atoms with van der Waals surface area (Å²) in [5.74, 6) is 0.00726. The Labute approximate surface area is 216 Å². The Hall–Kier alpha value is -2.65. The standard InChI is InChI=1S/C26H29N5O2S.ClH/c1-18-8-9-20(22(32)17-23-28-29-24(34-23)19-6-4-3-5-7-19)16-21(18)27-25(33)26(10-11-26)31-14-12-30(2)13-15-31;/h3-9,16H,10-15,17H2,1-2H3,(H,27,33);1H. The zero-order chi connectivity index (χ0) is 23.7. The van der Waals surface area contributed by atoms with Gasteiger partial charge in [-0.15, -0.1) is 22.6 Å². The molecule has 1 aliphatic carbocycles. The Morgan fingerprint density at radius 2 is 1.74 bits per heavy atom. The number of nitrogens with zero attached hydrogens (tertiary/aromatic N) is 4. The first-order valence-corrected chi connectivity index (χ1v) is 12.5. The lowest BCUT2D eigenvalue weighted by Crippen LogP contribution is -2.54. The van der Waals surface area contributed by atoms with Crippen molar-refractivity contribution in [3.05, 3.63) is 64.7 Å². The molecule has 0 bridgehead atoms. The summed E-state index contributed by atoms with van der Waals surface area (Å²) >= 11 is 1.43. The number of anilines is 1. The fourth-order valence-electron chi connectivity index (χ4n) is 4.47. The van der Waals surface area contributed by atoms with Crippen molar-refractivity contribution < 1.29 is 9.59 Å². The van der Waals surface area contributed by atoms with Crippen LogP contribution in [0.1, 0.15) is 33.8 Å². The second kappa shape index (κ2) is 10.5. The maximum absolute atomic E-state index is 13.3. The largest absolute Gasteiger partial charge is 0.324 e. The van der Waals surface area contributed by atoms with Crippen molar-refractivity contribution in [3.63, 3.8) is 0 Å². The predicted molar refractivity (Wildman–Crippen MR) is 141 cm³/mol. The summed E-state index contributed by atoms with van der Waals surface area (Å²) in [6.07, 6.45) is 1.97. The number of aromatic nitrogens is 2. The van der Waals surface area contributed by atoms with E-state index < -0.39 is 5.54 Å². The van der Waals surface area contributed by atoms with Crippen molar-refractivity contribution in [2.75, 3.05) is 38.5 Å². The van der Waals surface area contributed by atoms with E-state index in [4.69, 9.17) is 0 Å². The number of hydrogen-bond acceptors (Lipinski definition) is 7. The fraction of sp³-hybridized carbons (Fsp3) is 0.385. The van der Waals surface area contributed by atoms with Gasteiger partial charge < -0.3 is 10.2 Å². The Morgan fingerprint density at radius 1 is 1.03 bits per heavy atom. The SMILES string of the molecule is Cc1ccc(C(=O)Cc2nnc(-c3ccccc3)s2)cc1NC(=O)C1(N2CCN(C)CC2)CC1.Cl. The van der Waals surface area contributed by atoms with Crippen molar-refractivity contribution in [3.8, 4) is 10.6 Å². The van der Waals surface area contributed by atoms with Crippen molar-refractivity contribution >= 4 is 41.1 Å². The molecule has 1 saturated carbocycles. The molecule has 0 radical (unpaired) electrons. The van der Waals surface area contributed by atoms with Crippen LogP contribution in [0.5, 0.6) is 0 Å². The number of amides is 1. The molecule has 2 heterocycles. The van der Waals surface area contributed by atoms with Crippen LogP contribution in [-0.2, 0) is 11.2 Å². The molecular formula is C26H30ClN5O2S. The van der Waals surface area contributed by atoms with Crippen LogP contribution in [-0.4, -0.2) is 70.5 Å². The van der Waals surface area contributed by atoms with Gasteiger partial charge in [-0.1, -0.05) is 53.8 Å². The zero-order valence-corrected chi connectivity index (χ0v) is 21.6. The van der Waals surface area contributed by atoms with Crippen LogP contribution in [0.25, 0.3) is 10.6 Å². The Bertz CT molecular complexity index is 1200. The molecule has 7 nitrogen and oxygen atoms in total. The van der Waals surface area contributed by atoms with E-state index in [1.807, 2.05) is 49.4 Å². The number of aryl methyl sites for hydroxylation is 1. The number of piperazine rings is 1. The number of benzene rings is 2. The predicted octanol–water partition coefficient (Wildman–Crippen LogP) is 4.08. The molecule has 1 aliphatic heterocycles. The average molecular weight is 512 g/mol. The second-order valence-electron chi connectivity index (χ2n) is 9.27. The van der Waals surface area contributed by atoms with Crippen LogP contribution in [0.2, 0.25) is 0 Å². The summed E-state index contributed by atoms with van der Waals surface area (Å²) in [4.78, 5) is 30.9. The third kappa shape index (κ3) is 5.46. The fourth-order valence-corrected chi connectivity index (χ4v) is 5.31. The molecule has 1 N–H and O–H groups in total. The number of hydrogen-bond donors (Lipinski definition) is 1. The average Bonchev–Trinajstić information content (AvgIpc) is 3.53. The van der Waals surface area contributed by atoms with Gasteiger partial charge in [-0.05, 0) is 38.4 Å². The molecule has 1 saturated heterocycles. The topological polar surface area (TPSA) is 78.4 Å². The maximum atomic E-state index is 13.3. The van der Waals surface area contributed by atoms with Gasteiger partial charge in [0.25, 0.3) is 0 Å². The Morgan fingerprint density at radius 3 is 2.43 bits per heavy atom. The lowest BCUT2D eigenvalue weighted by Gasteiger charge is -2.37. The summed E-state index contributed by atoms with van der Waals surface area (Å²) in [5, 5.41) is 13.1. The highest BCUT2D eigenvalue weighted by Crippen LogP contribution is 2.43. The smallest absolute Gasteiger partial charge is 0.244 e. The van der Waals surface area contributed by atoms with E-state index >= 15 is 0 Å². The number of likely N-dealkylation sites (N-methyl/N-ethyl adjacent to an activating group) is 1. The first-order chi connectivity index (χ1) is 16.4. The number of carbonyl (C=O) groups excluding carboxylic acids is 2. The first kappa shape index (κ1) is 25.4. The molecule has 5 rings (SSSR count). The summed E-state index contributed by atoms with van der Waals surface area (Å²) in [5.41, 5.74) is 2.82. The zero-order valence-electron chi connectivity index (χ0n) is 20.0. The highest BCUT2D eigenvalue weighted by molar-refractivity contribution is 7.14. The van der Waals surface area contributed by atoms with Gasteiger partial charge in [0.2, 0.25) is 5.91 Å². The first-order valence-electron chi connectivity index (χ1n) is 11.7. The van der Waals surface area contributed by atoms with Gasteiger partial charge >= 0.3 is 0 Å². The van der Waals surface area contributed by atoms with Gasteiger partial charge in [0.1, 0.15) is 15.6 Å². The summed E-state index contributed by atoms with van der Waals surface area (Å²) in [6.45, 7) is 5.74. The van der Waals surface area contributed by atoms with Crippen LogP contribution in [0.3, 0.4) is 0 Å². The van der Waals surface area contributed by atoms with Crippen LogP contribution in [0, 0.1) is 6.92 Å². The summed E-state index contributed by atoms with van der Waals surface area (Å²) < 4.78 is 0. The van der Waals surface area contributed by atoms with Gasteiger partial charge in [-0.3, -0.25) is 14.5 Å². The van der Waals surface area contributed by atoms with E-state index in [0.29, 0.717) is 16.3 Å². The van der Waals surface area contributed by atoms with Crippen LogP contribution < -0.4 is 5.32 Å². The van der Waals surface area contributed by atoms with Crippen molar-refractivity contribution in [2.24, 2.45) is 0 Å². The monoisotopic (exact) mass is 511 g/mol. The summed E-state index contributed by atoms with van der Waals surface area (Å²) in [7, 11) is 2.12. The van der Waals surface area contributed by atoms with Crippen LogP contribution in [0.15, 0.2) is 48.5 Å². The third-order valence-electron chi connectivity index (χ3n) is 6.86. The van der Waals surface area contributed by atoms with Gasteiger partial charge in [-0.25, -0.2) is 0 Å². The number of ketones is 1. The molecule has 184 valence electrons.